The second kappa shape index (κ2) is 7.26. The summed E-state index contributed by atoms with van der Waals surface area (Å²) < 4.78 is 0. The molecule has 3 aromatic rings. The lowest BCUT2D eigenvalue weighted by Gasteiger charge is -2.12. The lowest BCUT2D eigenvalue weighted by Crippen LogP contribution is -1.95. The van der Waals surface area contributed by atoms with Gasteiger partial charge in [0.25, 0.3) is 0 Å². The van der Waals surface area contributed by atoms with Gasteiger partial charge in [0.1, 0.15) is 0 Å². The van der Waals surface area contributed by atoms with Crippen molar-refractivity contribution >= 4 is 10.8 Å². The quantitative estimate of drug-likeness (QED) is 0.475. The summed E-state index contributed by atoms with van der Waals surface area (Å²) >= 11 is 0. The Labute approximate surface area is 133 Å². The zero-order valence-electron chi connectivity index (χ0n) is 13.0. The maximum absolute atomic E-state index is 4.36. The Hall–Kier alpha value is -2.08. The molecular formula is C22H23. The van der Waals surface area contributed by atoms with Crippen LogP contribution in [0.5, 0.6) is 0 Å². The van der Waals surface area contributed by atoms with E-state index in [2.05, 4.69) is 79.7 Å². The molecule has 1 radical (unpaired) electrons. The Bertz CT molecular complexity index is 712. The van der Waals surface area contributed by atoms with Gasteiger partial charge in [-0.2, -0.15) is 0 Å². The molecule has 0 aromatic heterocycles. The Kier molecular flexibility index (Phi) is 4.90. The van der Waals surface area contributed by atoms with E-state index in [-0.39, 0.29) is 0 Å². The molecule has 0 amide bonds. The lowest BCUT2D eigenvalue weighted by molar-refractivity contribution is 0.635. The van der Waals surface area contributed by atoms with Gasteiger partial charge in [-0.15, -0.1) is 0 Å². The molecule has 0 bridgehead atoms. The molecule has 0 saturated heterocycles. The van der Waals surface area contributed by atoms with E-state index in [1.54, 1.807) is 0 Å². The molecule has 0 nitrogen and oxygen atoms in total. The molecule has 1 atom stereocenters. The fourth-order valence-corrected chi connectivity index (χ4v) is 2.99. The van der Waals surface area contributed by atoms with Crippen LogP contribution in [0.25, 0.3) is 10.8 Å². The molecule has 0 saturated carbocycles. The monoisotopic (exact) mass is 287 g/mol. The predicted molar refractivity (Wildman–Crippen MR) is 96.0 cm³/mol. The molecule has 1 unspecified atom stereocenters. The zero-order valence-corrected chi connectivity index (χ0v) is 13.0. The average molecular weight is 287 g/mol. The minimum atomic E-state index is 0.389. The van der Waals surface area contributed by atoms with E-state index in [4.69, 9.17) is 0 Å². The average Bonchev–Trinajstić information content (AvgIpc) is 2.59. The first-order valence-corrected chi connectivity index (χ1v) is 8.18. The first kappa shape index (κ1) is 14.8. The molecule has 0 heterocycles. The number of hydrogen-bond acceptors (Lipinski definition) is 0. The summed E-state index contributed by atoms with van der Waals surface area (Å²) in [6, 6.07) is 26.0. The maximum atomic E-state index is 4.36. The van der Waals surface area contributed by atoms with Crippen LogP contribution in [0.2, 0.25) is 0 Å². The summed E-state index contributed by atoms with van der Waals surface area (Å²) in [4.78, 5) is 0. The highest BCUT2D eigenvalue weighted by atomic mass is 14.1. The van der Waals surface area contributed by atoms with Gasteiger partial charge in [0.2, 0.25) is 0 Å². The minimum absolute atomic E-state index is 0.389. The molecule has 3 aromatic carbocycles. The molecule has 22 heavy (non-hydrogen) atoms. The van der Waals surface area contributed by atoms with Crippen LogP contribution in [-0.4, -0.2) is 0 Å². The van der Waals surface area contributed by atoms with E-state index in [9.17, 15) is 0 Å². The van der Waals surface area contributed by atoms with Crippen molar-refractivity contribution in [1.82, 2.24) is 0 Å². The fourth-order valence-electron chi connectivity index (χ4n) is 2.99. The second-order valence-corrected chi connectivity index (χ2v) is 6.03. The van der Waals surface area contributed by atoms with Crippen LogP contribution in [0, 0.1) is 6.92 Å². The van der Waals surface area contributed by atoms with Gasteiger partial charge in [0.15, 0.2) is 0 Å². The third-order valence-electron chi connectivity index (χ3n) is 4.36. The SMILES string of the molecule is [CH2]C(CCCCc1ccccc1)c1ccc2ccccc2c1. The van der Waals surface area contributed by atoms with Crippen molar-refractivity contribution in [1.29, 1.82) is 0 Å². The van der Waals surface area contributed by atoms with Gasteiger partial charge in [-0.05, 0) is 54.0 Å². The smallest absolute Gasteiger partial charge is 0.0162 e. The Balaban J connectivity index is 1.53. The summed E-state index contributed by atoms with van der Waals surface area (Å²) in [6.45, 7) is 4.36. The van der Waals surface area contributed by atoms with Crippen LogP contribution in [0.4, 0.5) is 0 Å². The third-order valence-corrected chi connectivity index (χ3v) is 4.36. The number of aryl methyl sites for hydroxylation is 1. The van der Waals surface area contributed by atoms with Gasteiger partial charge in [0, 0.05) is 0 Å². The summed E-state index contributed by atoms with van der Waals surface area (Å²) in [7, 11) is 0. The van der Waals surface area contributed by atoms with Crippen molar-refractivity contribution in [2.75, 3.05) is 0 Å². The molecule has 0 spiro atoms. The predicted octanol–water partition coefficient (Wildman–Crippen LogP) is 6.17. The molecule has 0 aliphatic heterocycles. The topological polar surface area (TPSA) is 0 Å². The van der Waals surface area contributed by atoms with Crippen LogP contribution >= 0.6 is 0 Å². The van der Waals surface area contributed by atoms with Gasteiger partial charge in [-0.3, -0.25) is 0 Å². The van der Waals surface area contributed by atoms with Crippen LogP contribution in [-0.2, 0) is 6.42 Å². The van der Waals surface area contributed by atoms with Crippen molar-refractivity contribution in [2.24, 2.45) is 0 Å². The zero-order chi connectivity index (χ0) is 15.2. The van der Waals surface area contributed by atoms with Crippen LogP contribution in [0.15, 0.2) is 72.8 Å². The van der Waals surface area contributed by atoms with Crippen molar-refractivity contribution in [3.63, 3.8) is 0 Å². The summed E-state index contributed by atoms with van der Waals surface area (Å²) in [6.07, 6.45) is 4.80. The molecule has 0 aliphatic carbocycles. The minimum Gasteiger partial charge on any atom is -0.0622 e. The highest BCUT2D eigenvalue weighted by Crippen LogP contribution is 2.25. The number of fused-ring (bicyclic) bond motifs is 1. The Morgan fingerprint density at radius 1 is 0.727 bits per heavy atom. The summed E-state index contributed by atoms with van der Waals surface area (Å²) in [5.41, 5.74) is 2.80. The normalized spacial score (nSPS) is 12.4. The highest BCUT2D eigenvalue weighted by molar-refractivity contribution is 5.83. The van der Waals surface area contributed by atoms with E-state index in [1.807, 2.05) is 0 Å². The molecule has 0 aliphatic rings. The van der Waals surface area contributed by atoms with Gasteiger partial charge in [0.05, 0.1) is 0 Å². The standard InChI is InChI=1S/C22H23/c1-18(9-5-6-12-19-10-3-2-4-11-19)21-16-15-20-13-7-8-14-22(20)17-21/h2-4,7-8,10-11,13-18H,1,5-6,9,12H2. The summed E-state index contributed by atoms with van der Waals surface area (Å²) in [5.74, 6) is 0.389. The van der Waals surface area contributed by atoms with Crippen molar-refractivity contribution in [3.05, 3.63) is 90.8 Å². The Morgan fingerprint density at radius 2 is 1.45 bits per heavy atom. The number of benzene rings is 3. The molecular weight excluding hydrogens is 264 g/mol. The maximum Gasteiger partial charge on any atom is -0.0162 e. The van der Waals surface area contributed by atoms with Crippen LogP contribution in [0.1, 0.15) is 36.3 Å². The van der Waals surface area contributed by atoms with E-state index >= 15 is 0 Å². The molecule has 3 rings (SSSR count). The van der Waals surface area contributed by atoms with Crippen molar-refractivity contribution < 1.29 is 0 Å². The van der Waals surface area contributed by atoms with E-state index in [1.165, 1.54) is 41.2 Å². The number of hydrogen-bond donors (Lipinski definition) is 0. The first-order chi connectivity index (χ1) is 10.8. The highest BCUT2D eigenvalue weighted by Gasteiger charge is 2.06. The van der Waals surface area contributed by atoms with E-state index in [0.717, 1.165) is 6.42 Å². The van der Waals surface area contributed by atoms with Gasteiger partial charge < -0.3 is 0 Å². The molecule has 0 heteroatoms. The van der Waals surface area contributed by atoms with Gasteiger partial charge in [-0.1, -0.05) is 79.2 Å². The molecule has 111 valence electrons. The van der Waals surface area contributed by atoms with Gasteiger partial charge >= 0.3 is 0 Å². The third kappa shape index (κ3) is 3.76. The first-order valence-electron chi connectivity index (χ1n) is 8.18. The number of rotatable bonds is 6. The largest absolute Gasteiger partial charge is 0.0622 e. The molecule has 0 fully saturated rings. The molecule has 0 N–H and O–H groups in total. The lowest BCUT2D eigenvalue weighted by atomic mass is 9.93. The van der Waals surface area contributed by atoms with Crippen molar-refractivity contribution in [3.8, 4) is 0 Å². The second-order valence-electron chi connectivity index (χ2n) is 6.03. The van der Waals surface area contributed by atoms with Crippen LogP contribution < -0.4 is 0 Å². The fraction of sp³-hybridized carbons (Fsp3) is 0.227. The van der Waals surface area contributed by atoms with Crippen LogP contribution in [0.3, 0.4) is 0 Å². The van der Waals surface area contributed by atoms with E-state index in [0.29, 0.717) is 5.92 Å². The summed E-state index contributed by atoms with van der Waals surface area (Å²) in [5, 5.41) is 2.63. The van der Waals surface area contributed by atoms with Gasteiger partial charge in [-0.25, -0.2) is 0 Å². The Morgan fingerprint density at radius 3 is 2.27 bits per heavy atom. The number of unbranched alkanes of at least 4 members (excludes halogenated alkanes) is 1. The van der Waals surface area contributed by atoms with Crippen molar-refractivity contribution in [2.45, 2.75) is 31.6 Å². The van der Waals surface area contributed by atoms with E-state index < -0.39 is 0 Å².